The van der Waals surface area contributed by atoms with E-state index >= 15 is 0 Å². The standard InChI is InChI=1S/C14H10F3N3/c1-9-5-6-18-13-8-12(19-20(9)13)10-3-2-4-11(7-10)14(15,16)17/h2-8H,1H3. The molecule has 0 aliphatic heterocycles. The molecule has 0 N–H and O–H groups in total. The molecule has 0 atom stereocenters. The van der Waals surface area contributed by atoms with Crippen molar-refractivity contribution in [3.05, 3.63) is 53.9 Å². The van der Waals surface area contributed by atoms with E-state index in [9.17, 15) is 13.2 Å². The van der Waals surface area contributed by atoms with Crippen LogP contribution in [0.4, 0.5) is 13.2 Å². The first-order valence-corrected chi connectivity index (χ1v) is 5.94. The molecular formula is C14H10F3N3. The molecule has 0 unspecified atom stereocenters. The lowest BCUT2D eigenvalue weighted by atomic mass is 10.1. The second-order valence-electron chi connectivity index (χ2n) is 4.46. The Bertz CT molecular complexity index is 775. The average Bonchev–Trinajstić information content (AvgIpc) is 2.83. The Balaban J connectivity index is 2.14. The first kappa shape index (κ1) is 12.7. The van der Waals surface area contributed by atoms with Gasteiger partial charge in [0.2, 0.25) is 0 Å². The molecule has 3 rings (SSSR count). The maximum absolute atomic E-state index is 12.7. The Labute approximate surface area is 112 Å². The van der Waals surface area contributed by atoms with Crippen molar-refractivity contribution in [2.75, 3.05) is 0 Å². The predicted octanol–water partition coefficient (Wildman–Crippen LogP) is 3.72. The molecule has 2 heterocycles. The van der Waals surface area contributed by atoms with E-state index < -0.39 is 11.7 Å². The summed E-state index contributed by atoms with van der Waals surface area (Å²) in [5.41, 5.74) is 1.69. The summed E-state index contributed by atoms with van der Waals surface area (Å²) >= 11 is 0. The van der Waals surface area contributed by atoms with E-state index in [0.29, 0.717) is 16.9 Å². The van der Waals surface area contributed by atoms with Crippen LogP contribution in [0.15, 0.2) is 42.6 Å². The fourth-order valence-electron chi connectivity index (χ4n) is 2.01. The van der Waals surface area contributed by atoms with Gasteiger partial charge in [0.25, 0.3) is 0 Å². The van der Waals surface area contributed by atoms with Crippen LogP contribution < -0.4 is 0 Å². The van der Waals surface area contributed by atoms with Gasteiger partial charge in [0.15, 0.2) is 5.65 Å². The third-order valence-electron chi connectivity index (χ3n) is 3.03. The number of rotatable bonds is 1. The lowest BCUT2D eigenvalue weighted by molar-refractivity contribution is -0.137. The first-order valence-electron chi connectivity index (χ1n) is 5.94. The molecule has 0 spiro atoms. The largest absolute Gasteiger partial charge is 0.416 e. The minimum atomic E-state index is -4.36. The summed E-state index contributed by atoms with van der Waals surface area (Å²) in [6, 6.07) is 8.58. The monoisotopic (exact) mass is 277 g/mol. The summed E-state index contributed by atoms with van der Waals surface area (Å²) in [6.45, 7) is 1.86. The molecule has 0 aliphatic rings. The minimum Gasteiger partial charge on any atom is -0.237 e. The molecule has 0 aliphatic carbocycles. The molecular weight excluding hydrogens is 267 g/mol. The van der Waals surface area contributed by atoms with Gasteiger partial charge in [-0.3, -0.25) is 0 Å². The summed E-state index contributed by atoms with van der Waals surface area (Å²) in [4.78, 5) is 4.14. The lowest BCUT2D eigenvalue weighted by Gasteiger charge is -2.07. The van der Waals surface area contributed by atoms with Gasteiger partial charge in [0, 0.05) is 23.5 Å². The highest BCUT2D eigenvalue weighted by Crippen LogP contribution is 2.32. The van der Waals surface area contributed by atoms with Crippen molar-refractivity contribution in [2.24, 2.45) is 0 Å². The molecule has 3 nitrogen and oxygen atoms in total. The number of halogens is 3. The third kappa shape index (κ3) is 2.13. The second-order valence-corrected chi connectivity index (χ2v) is 4.46. The number of alkyl halides is 3. The van der Waals surface area contributed by atoms with Gasteiger partial charge in [-0.15, -0.1) is 0 Å². The molecule has 102 valence electrons. The molecule has 0 fully saturated rings. The molecule has 3 aromatic rings. The number of aryl methyl sites for hydroxylation is 1. The van der Waals surface area contributed by atoms with E-state index in [4.69, 9.17) is 0 Å². The fraction of sp³-hybridized carbons (Fsp3) is 0.143. The fourth-order valence-corrected chi connectivity index (χ4v) is 2.01. The molecule has 0 radical (unpaired) electrons. The minimum absolute atomic E-state index is 0.421. The van der Waals surface area contributed by atoms with E-state index in [-0.39, 0.29) is 0 Å². The third-order valence-corrected chi connectivity index (χ3v) is 3.03. The van der Waals surface area contributed by atoms with Crippen LogP contribution in [0.2, 0.25) is 0 Å². The molecule has 0 saturated heterocycles. The highest BCUT2D eigenvalue weighted by atomic mass is 19.4. The molecule has 0 saturated carbocycles. The topological polar surface area (TPSA) is 30.2 Å². The molecule has 0 amide bonds. The Morgan fingerprint density at radius 1 is 1.10 bits per heavy atom. The van der Waals surface area contributed by atoms with Crippen LogP contribution in [0.3, 0.4) is 0 Å². The van der Waals surface area contributed by atoms with Crippen LogP contribution in [-0.2, 0) is 6.18 Å². The second kappa shape index (κ2) is 4.33. The van der Waals surface area contributed by atoms with Crippen molar-refractivity contribution in [1.29, 1.82) is 0 Å². The van der Waals surface area contributed by atoms with Crippen molar-refractivity contribution < 1.29 is 13.2 Å². The maximum atomic E-state index is 12.7. The van der Waals surface area contributed by atoms with E-state index in [1.165, 1.54) is 6.07 Å². The molecule has 1 aromatic carbocycles. The number of hydrogen-bond donors (Lipinski definition) is 0. The highest BCUT2D eigenvalue weighted by Gasteiger charge is 2.30. The number of benzene rings is 1. The zero-order chi connectivity index (χ0) is 14.3. The molecule has 0 bridgehead atoms. The van der Waals surface area contributed by atoms with E-state index in [1.807, 2.05) is 6.92 Å². The van der Waals surface area contributed by atoms with Crippen LogP contribution in [0.1, 0.15) is 11.3 Å². The number of fused-ring (bicyclic) bond motifs is 1. The van der Waals surface area contributed by atoms with Gasteiger partial charge < -0.3 is 0 Å². The van der Waals surface area contributed by atoms with E-state index in [0.717, 1.165) is 17.8 Å². The van der Waals surface area contributed by atoms with Crippen molar-refractivity contribution >= 4 is 5.65 Å². The Hall–Kier alpha value is -2.37. The smallest absolute Gasteiger partial charge is 0.237 e. The summed E-state index contributed by atoms with van der Waals surface area (Å²) in [7, 11) is 0. The number of hydrogen-bond acceptors (Lipinski definition) is 2. The summed E-state index contributed by atoms with van der Waals surface area (Å²) in [5.74, 6) is 0. The average molecular weight is 277 g/mol. The van der Waals surface area contributed by atoms with Gasteiger partial charge in [0.1, 0.15) is 0 Å². The zero-order valence-corrected chi connectivity index (χ0v) is 10.5. The van der Waals surface area contributed by atoms with E-state index in [1.54, 1.807) is 28.9 Å². The maximum Gasteiger partial charge on any atom is 0.416 e. The van der Waals surface area contributed by atoms with Crippen molar-refractivity contribution in [3.63, 3.8) is 0 Å². The van der Waals surface area contributed by atoms with Crippen LogP contribution in [0.5, 0.6) is 0 Å². The first-order chi connectivity index (χ1) is 9.45. The number of aromatic nitrogens is 3. The van der Waals surface area contributed by atoms with Gasteiger partial charge in [-0.1, -0.05) is 12.1 Å². The SMILES string of the molecule is Cc1ccnc2cc(-c3cccc(C(F)(F)F)c3)nn12. The number of nitrogens with zero attached hydrogens (tertiary/aromatic N) is 3. The van der Waals surface area contributed by atoms with Crippen molar-refractivity contribution in [2.45, 2.75) is 13.1 Å². The highest BCUT2D eigenvalue weighted by molar-refractivity contribution is 5.65. The van der Waals surface area contributed by atoms with Gasteiger partial charge in [-0.25, -0.2) is 9.50 Å². The van der Waals surface area contributed by atoms with Crippen molar-refractivity contribution in [1.82, 2.24) is 14.6 Å². The molecule has 6 heteroatoms. The van der Waals surface area contributed by atoms with Crippen LogP contribution in [0.25, 0.3) is 16.9 Å². The summed E-state index contributed by atoms with van der Waals surface area (Å²) in [6.07, 6.45) is -2.72. The summed E-state index contributed by atoms with van der Waals surface area (Å²) in [5, 5.41) is 4.29. The normalized spacial score (nSPS) is 12.0. The Morgan fingerprint density at radius 2 is 1.90 bits per heavy atom. The lowest BCUT2D eigenvalue weighted by Crippen LogP contribution is -2.04. The van der Waals surface area contributed by atoms with Gasteiger partial charge in [-0.2, -0.15) is 18.3 Å². The molecule has 2 aromatic heterocycles. The summed E-state index contributed by atoms with van der Waals surface area (Å²) < 4.78 is 39.7. The van der Waals surface area contributed by atoms with Gasteiger partial charge in [0.05, 0.1) is 11.3 Å². The van der Waals surface area contributed by atoms with Crippen molar-refractivity contribution in [3.8, 4) is 11.3 Å². The van der Waals surface area contributed by atoms with Gasteiger partial charge in [-0.05, 0) is 25.1 Å². The van der Waals surface area contributed by atoms with Crippen LogP contribution in [-0.4, -0.2) is 14.6 Å². The van der Waals surface area contributed by atoms with Crippen LogP contribution in [0, 0.1) is 6.92 Å². The zero-order valence-electron chi connectivity index (χ0n) is 10.5. The molecule has 20 heavy (non-hydrogen) atoms. The van der Waals surface area contributed by atoms with Gasteiger partial charge >= 0.3 is 6.18 Å². The quantitative estimate of drug-likeness (QED) is 0.678. The Kier molecular flexibility index (Phi) is 2.74. The Morgan fingerprint density at radius 3 is 2.60 bits per heavy atom. The van der Waals surface area contributed by atoms with Crippen LogP contribution >= 0.6 is 0 Å². The predicted molar refractivity (Wildman–Crippen MR) is 68.2 cm³/mol. The van der Waals surface area contributed by atoms with E-state index in [2.05, 4.69) is 10.1 Å².